The van der Waals surface area contributed by atoms with Gasteiger partial charge < -0.3 is 14.4 Å². The van der Waals surface area contributed by atoms with Crippen LogP contribution in [0.15, 0.2) is 200 Å². The van der Waals surface area contributed by atoms with Gasteiger partial charge in [0.1, 0.15) is 11.5 Å². The molecule has 0 saturated heterocycles. The zero-order chi connectivity index (χ0) is 35.6. The number of hydrogen-bond donors (Lipinski definition) is 0. The minimum Gasteiger partial charge on any atom is -0.457 e. The van der Waals surface area contributed by atoms with Crippen LogP contribution in [-0.4, -0.2) is 0 Å². The van der Waals surface area contributed by atoms with E-state index >= 15 is 0 Å². The number of rotatable bonds is 4. The van der Waals surface area contributed by atoms with Gasteiger partial charge in [-0.2, -0.15) is 0 Å². The smallest absolute Gasteiger partial charge is 0.152 e. The molecule has 2 heterocycles. The Kier molecular flexibility index (Phi) is 6.77. The SMILES string of the molecule is c1ccc(C2(c3ccccc3)c3ccccc3Oc3ccc(-c4ccc5c(c4)N(c4cccc6ccccc46)c4cc6ccccc6cc4O5)cc32)cc1. The van der Waals surface area contributed by atoms with Crippen LogP contribution in [0.5, 0.6) is 23.0 Å². The normalized spacial score (nSPS) is 13.6. The maximum Gasteiger partial charge on any atom is 0.152 e. The van der Waals surface area contributed by atoms with Crippen molar-refractivity contribution in [2.45, 2.75) is 5.41 Å². The van der Waals surface area contributed by atoms with Crippen molar-refractivity contribution in [1.82, 2.24) is 0 Å². The zero-order valence-electron chi connectivity index (χ0n) is 29.3. The lowest BCUT2D eigenvalue weighted by atomic mass is 9.63. The Morgan fingerprint density at radius 2 is 0.889 bits per heavy atom. The van der Waals surface area contributed by atoms with Crippen molar-refractivity contribution < 1.29 is 9.47 Å². The lowest BCUT2D eigenvalue weighted by Crippen LogP contribution is -2.34. The predicted molar refractivity (Wildman–Crippen MR) is 220 cm³/mol. The largest absolute Gasteiger partial charge is 0.457 e. The first-order valence-electron chi connectivity index (χ1n) is 18.4. The van der Waals surface area contributed by atoms with Crippen LogP contribution in [0.25, 0.3) is 32.7 Å². The highest BCUT2D eigenvalue weighted by atomic mass is 16.5. The number of ether oxygens (including phenoxy) is 2. The van der Waals surface area contributed by atoms with E-state index in [0.717, 1.165) is 73.1 Å². The zero-order valence-corrected chi connectivity index (χ0v) is 29.3. The van der Waals surface area contributed by atoms with Gasteiger partial charge in [0, 0.05) is 16.5 Å². The maximum absolute atomic E-state index is 6.76. The van der Waals surface area contributed by atoms with Crippen LogP contribution in [0, 0.1) is 0 Å². The molecule has 54 heavy (non-hydrogen) atoms. The summed E-state index contributed by atoms with van der Waals surface area (Å²) in [6.07, 6.45) is 0. The summed E-state index contributed by atoms with van der Waals surface area (Å²) in [5.74, 6) is 3.37. The summed E-state index contributed by atoms with van der Waals surface area (Å²) in [5, 5.41) is 4.68. The van der Waals surface area contributed by atoms with E-state index in [2.05, 4.69) is 205 Å². The van der Waals surface area contributed by atoms with Crippen LogP contribution < -0.4 is 14.4 Å². The van der Waals surface area contributed by atoms with Gasteiger partial charge in [0.05, 0.1) is 22.5 Å². The molecule has 0 bridgehead atoms. The van der Waals surface area contributed by atoms with E-state index in [1.54, 1.807) is 0 Å². The molecule has 0 amide bonds. The third-order valence-electron chi connectivity index (χ3n) is 11.1. The molecule has 0 fully saturated rings. The van der Waals surface area contributed by atoms with Crippen molar-refractivity contribution in [3.63, 3.8) is 0 Å². The highest BCUT2D eigenvalue weighted by molar-refractivity contribution is 6.03. The van der Waals surface area contributed by atoms with Crippen molar-refractivity contribution in [2.24, 2.45) is 0 Å². The Morgan fingerprint density at radius 1 is 0.333 bits per heavy atom. The lowest BCUT2D eigenvalue weighted by molar-refractivity contribution is 0.434. The first-order valence-corrected chi connectivity index (χ1v) is 18.4. The van der Waals surface area contributed by atoms with Crippen LogP contribution in [0.1, 0.15) is 22.3 Å². The van der Waals surface area contributed by atoms with Gasteiger partial charge in [0.15, 0.2) is 11.5 Å². The fraction of sp³-hybridized carbons (Fsp3) is 0.0196. The maximum atomic E-state index is 6.76. The van der Waals surface area contributed by atoms with Crippen LogP contribution in [0.3, 0.4) is 0 Å². The average molecular weight is 692 g/mol. The average Bonchev–Trinajstić information content (AvgIpc) is 3.24. The molecule has 9 aromatic rings. The lowest BCUT2D eigenvalue weighted by Gasteiger charge is -2.41. The van der Waals surface area contributed by atoms with Gasteiger partial charge in [-0.05, 0) is 86.9 Å². The van der Waals surface area contributed by atoms with Crippen molar-refractivity contribution >= 4 is 38.6 Å². The summed E-state index contributed by atoms with van der Waals surface area (Å²) in [5.41, 5.74) is 9.29. The Hall–Kier alpha value is -7.10. The highest BCUT2D eigenvalue weighted by Crippen LogP contribution is 2.57. The van der Waals surface area contributed by atoms with E-state index in [4.69, 9.17) is 9.47 Å². The molecule has 254 valence electrons. The molecular weight excluding hydrogens is 659 g/mol. The van der Waals surface area contributed by atoms with Gasteiger partial charge >= 0.3 is 0 Å². The van der Waals surface area contributed by atoms with E-state index in [1.165, 1.54) is 21.9 Å². The van der Waals surface area contributed by atoms with Crippen molar-refractivity contribution in [3.8, 4) is 34.1 Å². The molecule has 11 rings (SSSR count). The van der Waals surface area contributed by atoms with Gasteiger partial charge in [-0.15, -0.1) is 0 Å². The molecule has 3 nitrogen and oxygen atoms in total. The Labute approximate surface area is 313 Å². The van der Waals surface area contributed by atoms with E-state index in [9.17, 15) is 0 Å². The molecule has 0 unspecified atom stereocenters. The van der Waals surface area contributed by atoms with Gasteiger partial charge in [0.2, 0.25) is 0 Å². The fourth-order valence-corrected chi connectivity index (χ4v) is 8.72. The summed E-state index contributed by atoms with van der Waals surface area (Å²) in [6, 6.07) is 71.4. The molecule has 3 heteroatoms. The molecule has 2 aliphatic heterocycles. The number of benzene rings is 9. The number of hydrogen-bond acceptors (Lipinski definition) is 3. The minimum absolute atomic E-state index is 0.602. The van der Waals surface area contributed by atoms with E-state index in [-0.39, 0.29) is 0 Å². The third kappa shape index (κ3) is 4.55. The summed E-state index contributed by atoms with van der Waals surface area (Å²) in [4.78, 5) is 2.38. The first-order chi connectivity index (χ1) is 26.8. The van der Waals surface area contributed by atoms with Gasteiger partial charge in [-0.25, -0.2) is 0 Å². The number of para-hydroxylation sites is 1. The Balaban J connectivity index is 1.14. The predicted octanol–water partition coefficient (Wildman–Crippen LogP) is 13.7. The summed E-state index contributed by atoms with van der Waals surface area (Å²) in [7, 11) is 0. The standard InChI is InChI=1S/C51H33NO2/c1-3-18-39(19-4-1)51(40-20-5-2-6-21-40)42-23-11-12-25-47(42)53-48-28-26-37(30-43(48)51)38-27-29-49-45(32-38)52(44-24-13-17-34-14-9-10-22-41(34)44)46-31-35-15-7-8-16-36(35)33-50(46)54-49/h1-33H. The molecule has 2 aliphatic rings. The second-order valence-corrected chi connectivity index (χ2v) is 14.1. The quantitative estimate of drug-likeness (QED) is 0.183. The highest BCUT2D eigenvalue weighted by Gasteiger charge is 2.45. The minimum atomic E-state index is -0.602. The second kappa shape index (κ2) is 12.0. The molecule has 9 aromatic carbocycles. The molecule has 0 aliphatic carbocycles. The molecular formula is C51H33NO2. The summed E-state index contributed by atoms with van der Waals surface area (Å²) >= 11 is 0. The van der Waals surface area contributed by atoms with Crippen molar-refractivity contribution in [2.75, 3.05) is 4.90 Å². The topological polar surface area (TPSA) is 21.7 Å². The monoisotopic (exact) mass is 691 g/mol. The van der Waals surface area contributed by atoms with Crippen molar-refractivity contribution in [1.29, 1.82) is 0 Å². The molecule has 0 radical (unpaired) electrons. The second-order valence-electron chi connectivity index (χ2n) is 14.1. The number of anilines is 3. The van der Waals surface area contributed by atoms with Gasteiger partial charge in [-0.1, -0.05) is 152 Å². The number of fused-ring (bicyclic) bond motifs is 6. The van der Waals surface area contributed by atoms with Gasteiger partial charge in [0.25, 0.3) is 0 Å². The first kappa shape index (κ1) is 30.5. The molecule has 0 atom stereocenters. The Bertz CT molecular complexity index is 2850. The van der Waals surface area contributed by atoms with E-state index < -0.39 is 5.41 Å². The van der Waals surface area contributed by atoms with Crippen LogP contribution >= 0.6 is 0 Å². The summed E-state index contributed by atoms with van der Waals surface area (Å²) < 4.78 is 13.5. The molecule has 0 saturated carbocycles. The molecule has 0 N–H and O–H groups in total. The molecule has 0 spiro atoms. The van der Waals surface area contributed by atoms with E-state index in [0.29, 0.717) is 0 Å². The fourth-order valence-electron chi connectivity index (χ4n) is 8.72. The van der Waals surface area contributed by atoms with Gasteiger partial charge in [-0.3, -0.25) is 0 Å². The third-order valence-corrected chi connectivity index (χ3v) is 11.1. The van der Waals surface area contributed by atoms with Crippen LogP contribution in [0.2, 0.25) is 0 Å². The van der Waals surface area contributed by atoms with Crippen molar-refractivity contribution in [3.05, 3.63) is 222 Å². The van der Waals surface area contributed by atoms with Crippen LogP contribution in [0.4, 0.5) is 17.1 Å². The van der Waals surface area contributed by atoms with E-state index in [1.807, 2.05) is 0 Å². The number of nitrogens with zero attached hydrogens (tertiary/aromatic N) is 1. The summed E-state index contributed by atoms with van der Waals surface area (Å²) in [6.45, 7) is 0. The van der Waals surface area contributed by atoms with Crippen LogP contribution in [-0.2, 0) is 5.41 Å². The Morgan fingerprint density at radius 3 is 1.67 bits per heavy atom. The molecule has 0 aromatic heterocycles.